The molecule has 3 aromatic carbocycles. The fraction of sp³-hybridized carbons (Fsp3) is 0.208. The van der Waals surface area contributed by atoms with Crippen molar-refractivity contribution in [2.75, 3.05) is 5.32 Å². The van der Waals surface area contributed by atoms with Crippen LogP contribution in [0.15, 0.2) is 77.7 Å². The topological polar surface area (TPSA) is 75.3 Å². The van der Waals surface area contributed by atoms with Crippen molar-refractivity contribution in [3.05, 3.63) is 95.1 Å². The summed E-state index contributed by atoms with van der Waals surface area (Å²) in [6.45, 7) is 5.70. The smallest absolute Gasteiger partial charge is 0.242 e. The van der Waals surface area contributed by atoms with Crippen molar-refractivity contribution in [1.29, 1.82) is 0 Å². The number of hydrogen-bond donors (Lipinski definition) is 2. The highest BCUT2D eigenvalue weighted by Gasteiger charge is 2.26. The lowest BCUT2D eigenvalue weighted by molar-refractivity contribution is -0.117. The van der Waals surface area contributed by atoms with Crippen LogP contribution in [0.3, 0.4) is 0 Å². The molecule has 0 saturated carbocycles. The number of aryl methyl sites for hydroxylation is 3. The summed E-state index contributed by atoms with van der Waals surface area (Å²) in [5, 5.41) is 2.92. The van der Waals surface area contributed by atoms with E-state index in [1.54, 1.807) is 24.3 Å². The second-order valence-electron chi connectivity index (χ2n) is 7.43. The first-order valence-electron chi connectivity index (χ1n) is 9.76. The molecule has 0 aliphatic carbocycles. The summed E-state index contributed by atoms with van der Waals surface area (Å²) in [5.74, 6) is -0.396. The molecule has 0 bridgehead atoms. The van der Waals surface area contributed by atoms with Crippen molar-refractivity contribution < 1.29 is 13.2 Å². The van der Waals surface area contributed by atoms with Gasteiger partial charge < -0.3 is 5.32 Å². The first-order chi connectivity index (χ1) is 14.3. The molecule has 0 aliphatic rings. The summed E-state index contributed by atoms with van der Waals surface area (Å²) in [6, 6.07) is 20.7. The number of amides is 1. The molecule has 0 aliphatic heterocycles. The number of nitrogens with one attached hydrogen (secondary N) is 2. The van der Waals surface area contributed by atoms with Crippen molar-refractivity contribution in [1.82, 2.24) is 4.72 Å². The third-order valence-electron chi connectivity index (χ3n) is 4.96. The Balaban J connectivity index is 1.90. The summed E-state index contributed by atoms with van der Waals surface area (Å²) in [5.41, 5.74) is 4.37. The van der Waals surface area contributed by atoms with Crippen LogP contribution in [-0.2, 0) is 21.2 Å². The lowest BCUT2D eigenvalue weighted by Crippen LogP contribution is -2.45. The monoisotopic (exact) mass is 422 g/mol. The van der Waals surface area contributed by atoms with Gasteiger partial charge in [0.25, 0.3) is 0 Å². The van der Waals surface area contributed by atoms with Crippen molar-refractivity contribution in [3.8, 4) is 0 Å². The van der Waals surface area contributed by atoms with Crippen LogP contribution in [0.1, 0.15) is 22.3 Å². The highest BCUT2D eigenvalue weighted by molar-refractivity contribution is 7.89. The molecule has 5 nitrogen and oxygen atoms in total. The van der Waals surface area contributed by atoms with Gasteiger partial charge in [-0.25, -0.2) is 8.42 Å². The van der Waals surface area contributed by atoms with Gasteiger partial charge in [-0.15, -0.1) is 0 Å². The summed E-state index contributed by atoms with van der Waals surface area (Å²) >= 11 is 0. The van der Waals surface area contributed by atoms with E-state index < -0.39 is 22.0 Å². The SMILES string of the molecule is Cc1ccc(S(=O)(=O)N[C@@H](Cc2ccccc2)C(=O)Nc2c(C)cccc2C)cc1. The number of carbonyl (C=O) groups excluding carboxylic acids is 1. The lowest BCUT2D eigenvalue weighted by Gasteiger charge is -2.20. The van der Waals surface area contributed by atoms with Crippen LogP contribution in [-0.4, -0.2) is 20.4 Å². The number of para-hydroxylation sites is 1. The molecule has 0 fully saturated rings. The first kappa shape index (κ1) is 21.7. The number of hydrogen-bond acceptors (Lipinski definition) is 3. The Hall–Kier alpha value is -2.96. The number of carbonyl (C=O) groups is 1. The molecule has 0 radical (unpaired) electrons. The van der Waals surface area contributed by atoms with E-state index in [-0.39, 0.29) is 11.3 Å². The Labute approximate surface area is 178 Å². The van der Waals surface area contributed by atoms with Gasteiger partial charge in [0.05, 0.1) is 4.90 Å². The Bertz CT molecular complexity index is 1100. The summed E-state index contributed by atoms with van der Waals surface area (Å²) in [7, 11) is -3.86. The molecule has 1 atom stereocenters. The third kappa shape index (κ3) is 5.34. The maximum Gasteiger partial charge on any atom is 0.242 e. The van der Waals surface area contributed by atoms with Gasteiger partial charge in [-0.1, -0.05) is 66.2 Å². The Morgan fingerprint density at radius 3 is 2.03 bits per heavy atom. The molecule has 156 valence electrons. The second-order valence-corrected chi connectivity index (χ2v) is 9.15. The van der Waals surface area contributed by atoms with Gasteiger partial charge in [-0.05, 0) is 56.0 Å². The summed E-state index contributed by atoms with van der Waals surface area (Å²) in [6.07, 6.45) is 0.239. The van der Waals surface area contributed by atoms with Gasteiger partial charge in [0, 0.05) is 5.69 Å². The van der Waals surface area contributed by atoms with Gasteiger partial charge in [0.2, 0.25) is 15.9 Å². The van der Waals surface area contributed by atoms with E-state index in [0.717, 1.165) is 22.3 Å². The molecule has 0 aromatic heterocycles. The Kier molecular flexibility index (Phi) is 6.70. The van der Waals surface area contributed by atoms with Crippen LogP contribution in [0.2, 0.25) is 0 Å². The third-order valence-corrected chi connectivity index (χ3v) is 6.44. The molecule has 2 N–H and O–H groups in total. The van der Waals surface area contributed by atoms with Crippen molar-refractivity contribution in [2.24, 2.45) is 0 Å². The Morgan fingerprint density at radius 2 is 1.43 bits per heavy atom. The van der Waals surface area contributed by atoms with Crippen LogP contribution in [0.4, 0.5) is 5.69 Å². The maximum atomic E-state index is 13.1. The number of rotatable bonds is 7. The molecule has 0 spiro atoms. The van der Waals surface area contributed by atoms with Crippen molar-refractivity contribution in [3.63, 3.8) is 0 Å². The molecule has 30 heavy (non-hydrogen) atoms. The largest absolute Gasteiger partial charge is 0.324 e. The molecule has 0 unspecified atom stereocenters. The summed E-state index contributed by atoms with van der Waals surface area (Å²) in [4.78, 5) is 13.3. The minimum absolute atomic E-state index is 0.131. The zero-order chi connectivity index (χ0) is 21.7. The maximum absolute atomic E-state index is 13.1. The van der Waals surface area contributed by atoms with Crippen molar-refractivity contribution >= 4 is 21.6 Å². The van der Waals surface area contributed by atoms with E-state index in [9.17, 15) is 13.2 Å². The lowest BCUT2D eigenvalue weighted by atomic mass is 10.0. The van der Waals surface area contributed by atoms with Crippen LogP contribution in [0, 0.1) is 20.8 Å². The zero-order valence-electron chi connectivity index (χ0n) is 17.3. The molecular weight excluding hydrogens is 396 g/mol. The number of benzene rings is 3. The fourth-order valence-electron chi connectivity index (χ4n) is 3.23. The van der Waals surface area contributed by atoms with Crippen LogP contribution >= 0.6 is 0 Å². The highest BCUT2D eigenvalue weighted by Crippen LogP contribution is 2.20. The van der Waals surface area contributed by atoms with E-state index in [1.807, 2.05) is 69.3 Å². The van der Waals surface area contributed by atoms with E-state index in [0.29, 0.717) is 5.69 Å². The minimum Gasteiger partial charge on any atom is -0.324 e. The normalized spacial score (nSPS) is 12.4. The second kappa shape index (κ2) is 9.24. The molecule has 3 aromatic rings. The van der Waals surface area contributed by atoms with E-state index in [1.165, 1.54) is 0 Å². The van der Waals surface area contributed by atoms with Gasteiger partial charge in [0.15, 0.2) is 0 Å². The predicted octanol–water partition coefficient (Wildman–Crippen LogP) is 4.14. The Morgan fingerprint density at radius 1 is 0.833 bits per heavy atom. The average Bonchev–Trinajstić information content (AvgIpc) is 2.71. The molecule has 1 amide bonds. The van der Waals surface area contributed by atoms with Gasteiger partial charge in [0.1, 0.15) is 6.04 Å². The van der Waals surface area contributed by atoms with E-state index >= 15 is 0 Å². The van der Waals surface area contributed by atoms with Crippen molar-refractivity contribution in [2.45, 2.75) is 38.1 Å². The molecule has 3 rings (SSSR count). The fourth-order valence-corrected chi connectivity index (χ4v) is 4.43. The van der Waals surface area contributed by atoms with Gasteiger partial charge in [-0.3, -0.25) is 4.79 Å². The predicted molar refractivity (Wildman–Crippen MR) is 120 cm³/mol. The van der Waals surface area contributed by atoms with Gasteiger partial charge >= 0.3 is 0 Å². The van der Waals surface area contributed by atoms with E-state index in [4.69, 9.17) is 0 Å². The van der Waals surface area contributed by atoms with Crippen LogP contribution in [0.25, 0.3) is 0 Å². The van der Waals surface area contributed by atoms with E-state index in [2.05, 4.69) is 10.0 Å². The number of sulfonamides is 1. The molecule has 0 saturated heterocycles. The van der Waals surface area contributed by atoms with Gasteiger partial charge in [-0.2, -0.15) is 4.72 Å². The molecule has 6 heteroatoms. The van der Waals surface area contributed by atoms with Crippen LogP contribution < -0.4 is 10.0 Å². The molecule has 0 heterocycles. The quantitative estimate of drug-likeness (QED) is 0.601. The summed E-state index contributed by atoms with van der Waals surface area (Å²) < 4.78 is 28.5. The minimum atomic E-state index is -3.86. The number of anilines is 1. The highest BCUT2D eigenvalue weighted by atomic mass is 32.2. The molecular formula is C24H26N2O3S. The first-order valence-corrected chi connectivity index (χ1v) is 11.2. The van der Waals surface area contributed by atoms with Crippen LogP contribution in [0.5, 0.6) is 0 Å². The zero-order valence-corrected chi connectivity index (χ0v) is 18.2. The standard InChI is InChI=1S/C24H26N2O3S/c1-17-12-14-21(15-13-17)30(28,29)26-22(16-20-10-5-4-6-11-20)24(27)25-23-18(2)8-7-9-19(23)3/h4-15,22,26H,16H2,1-3H3,(H,25,27)/t22-/m0/s1. The average molecular weight is 423 g/mol.